The predicted molar refractivity (Wildman–Crippen MR) is 84.6 cm³/mol. The topological polar surface area (TPSA) is 55.1 Å². The number of hydrogen-bond donors (Lipinski definition) is 1. The van der Waals surface area contributed by atoms with Gasteiger partial charge in [-0.1, -0.05) is 41.6 Å². The van der Waals surface area contributed by atoms with Gasteiger partial charge in [0.2, 0.25) is 7.29 Å². The van der Waals surface area contributed by atoms with Crippen LogP contribution in [0.2, 0.25) is 0 Å². The van der Waals surface area contributed by atoms with Crippen LogP contribution in [0.25, 0.3) is 0 Å². The number of rotatable bonds is 4. The predicted octanol–water partition coefficient (Wildman–Crippen LogP) is 3.32. The van der Waals surface area contributed by atoms with Crippen LogP contribution in [0.15, 0.2) is 71.3 Å². The van der Waals surface area contributed by atoms with Crippen LogP contribution in [-0.2, 0) is 4.57 Å². The molecule has 1 N–H and O–H groups in total. The van der Waals surface area contributed by atoms with E-state index in [-0.39, 0.29) is 0 Å². The van der Waals surface area contributed by atoms with Gasteiger partial charge in [0.15, 0.2) is 5.82 Å². The molecule has 0 saturated carbocycles. The summed E-state index contributed by atoms with van der Waals surface area (Å²) in [6.07, 6.45) is 0. The third-order valence-corrected chi connectivity index (χ3v) is 5.73. The molecule has 0 aliphatic heterocycles. The molecule has 0 aliphatic rings. The van der Waals surface area contributed by atoms with Gasteiger partial charge in [-0.15, -0.1) is 0 Å². The van der Waals surface area contributed by atoms with Gasteiger partial charge in [-0.3, -0.25) is 4.57 Å². The molecule has 1 aromatic heterocycles. The lowest BCUT2D eigenvalue weighted by atomic mass is 10.4. The van der Waals surface area contributed by atoms with Crippen LogP contribution in [0, 0.1) is 6.92 Å². The maximum absolute atomic E-state index is 13.6. The zero-order valence-corrected chi connectivity index (χ0v) is 12.5. The molecule has 3 aromatic rings. The summed E-state index contributed by atoms with van der Waals surface area (Å²) in [5.74, 6) is 1.15. The summed E-state index contributed by atoms with van der Waals surface area (Å²) < 4.78 is 18.7. The number of nitrogens with one attached hydrogen (secondary N) is 1. The van der Waals surface area contributed by atoms with E-state index in [0.29, 0.717) is 11.6 Å². The van der Waals surface area contributed by atoms with Crippen molar-refractivity contribution in [2.24, 2.45) is 0 Å². The SMILES string of the molecule is Cc1cc(NP(=O)(c2ccccc2)c2ccccc2)no1. The van der Waals surface area contributed by atoms with Gasteiger partial charge in [0.25, 0.3) is 0 Å². The molecule has 106 valence electrons. The Morgan fingerprint density at radius 1 is 0.952 bits per heavy atom. The number of hydrogen-bond acceptors (Lipinski definition) is 3. The first kappa shape index (κ1) is 13.7. The zero-order valence-electron chi connectivity index (χ0n) is 11.6. The Bertz CT molecular complexity index is 726. The quantitative estimate of drug-likeness (QED) is 0.751. The second-order valence-corrected chi connectivity index (χ2v) is 7.19. The second kappa shape index (κ2) is 5.58. The van der Waals surface area contributed by atoms with Crippen molar-refractivity contribution in [1.29, 1.82) is 0 Å². The van der Waals surface area contributed by atoms with Crippen molar-refractivity contribution in [3.05, 3.63) is 72.5 Å². The smallest absolute Gasteiger partial charge is 0.228 e. The van der Waals surface area contributed by atoms with E-state index < -0.39 is 7.29 Å². The minimum atomic E-state index is -3.01. The molecule has 1 heterocycles. The van der Waals surface area contributed by atoms with Gasteiger partial charge >= 0.3 is 0 Å². The average molecular weight is 298 g/mol. The first-order chi connectivity index (χ1) is 10.2. The summed E-state index contributed by atoms with van der Waals surface area (Å²) >= 11 is 0. The van der Waals surface area contributed by atoms with E-state index in [4.69, 9.17) is 4.52 Å². The Hall–Kier alpha value is -2.32. The van der Waals surface area contributed by atoms with E-state index >= 15 is 0 Å². The monoisotopic (exact) mass is 298 g/mol. The van der Waals surface area contributed by atoms with Gasteiger partial charge in [0.05, 0.1) is 0 Å². The van der Waals surface area contributed by atoms with Crippen molar-refractivity contribution in [3.8, 4) is 0 Å². The van der Waals surface area contributed by atoms with Gasteiger partial charge in [-0.2, -0.15) is 0 Å². The Labute approximate surface area is 123 Å². The van der Waals surface area contributed by atoms with Crippen molar-refractivity contribution in [1.82, 2.24) is 5.16 Å². The van der Waals surface area contributed by atoms with Crippen molar-refractivity contribution in [2.45, 2.75) is 6.92 Å². The first-order valence-corrected chi connectivity index (χ1v) is 8.32. The summed E-state index contributed by atoms with van der Waals surface area (Å²) in [4.78, 5) is 0. The molecule has 0 saturated heterocycles. The molecule has 21 heavy (non-hydrogen) atoms. The molecule has 0 fully saturated rings. The minimum absolute atomic E-state index is 0.475. The number of nitrogens with zero attached hydrogens (tertiary/aromatic N) is 1. The highest BCUT2D eigenvalue weighted by Gasteiger charge is 2.28. The Balaban J connectivity index is 2.09. The molecule has 2 aromatic carbocycles. The standard InChI is InChI=1S/C16H15N2O2P/c1-13-12-16(17-20-13)18-21(19,14-8-4-2-5-9-14)15-10-6-3-7-11-15/h2-12H,1H3,(H,17,18,19). The summed E-state index contributed by atoms with van der Waals surface area (Å²) in [7, 11) is -3.01. The molecule has 0 bridgehead atoms. The normalized spacial score (nSPS) is 11.3. The number of benzene rings is 2. The molecule has 4 nitrogen and oxygen atoms in total. The van der Waals surface area contributed by atoms with E-state index in [1.54, 1.807) is 13.0 Å². The van der Waals surface area contributed by atoms with Crippen LogP contribution < -0.4 is 15.7 Å². The fraction of sp³-hybridized carbons (Fsp3) is 0.0625. The largest absolute Gasteiger partial charge is 0.360 e. The number of aryl methyl sites for hydroxylation is 1. The Morgan fingerprint density at radius 2 is 1.48 bits per heavy atom. The van der Waals surface area contributed by atoms with E-state index in [1.807, 2.05) is 60.7 Å². The fourth-order valence-corrected chi connectivity index (χ4v) is 4.30. The maximum Gasteiger partial charge on any atom is 0.228 e. The van der Waals surface area contributed by atoms with Crippen LogP contribution in [0.1, 0.15) is 5.76 Å². The van der Waals surface area contributed by atoms with Crippen LogP contribution in [0.3, 0.4) is 0 Å². The van der Waals surface area contributed by atoms with Gasteiger partial charge < -0.3 is 9.61 Å². The molecular weight excluding hydrogens is 283 g/mol. The summed E-state index contributed by atoms with van der Waals surface area (Å²) in [6.45, 7) is 1.80. The first-order valence-electron chi connectivity index (χ1n) is 6.61. The van der Waals surface area contributed by atoms with Crippen molar-refractivity contribution >= 4 is 23.7 Å². The van der Waals surface area contributed by atoms with Crippen LogP contribution in [0.5, 0.6) is 0 Å². The van der Waals surface area contributed by atoms with Crippen molar-refractivity contribution in [2.75, 3.05) is 5.09 Å². The highest BCUT2D eigenvalue weighted by atomic mass is 31.2. The molecule has 0 unspecified atom stereocenters. The molecule has 3 rings (SSSR count). The Morgan fingerprint density at radius 3 is 1.90 bits per heavy atom. The van der Waals surface area contributed by atoms with E-state index in [9.17, 15) is 4.57 Å². The number of anilines is 1. The van der Waals surface area contributed by atoms with Gasteiger partial charge in [-0.05, 0) is 31.2 Å². The molecule has 0 spiro atoms. The lowest BCUT2D eigenvalue weighted by Gasteiger charge is -2.19. The van der Waals surface area contributed by atoms with E-state index in [1.165, 1.54) is 0 Å². The summed E-state index contributed by atoms with van der Waals surface area (Å²) in [5.41, 5.74) is 0. The molecule has 5 heteroatoms. The van der Waals surface area contributed by atoms with Crippen molar-refractivity contribution in [3.63, 3.8) is 0 Å². The lowest BCUT2D eigenvalue weighted by molar-refractivity contribution is 0.400. The lowest BCUT2D eigenvalue weighted by Crippen LogP contribution is -2.21. The van der Waals surface area contributed by atoms with Gasteiger partial charge in [-0.25, -0.2) is 0 Å². The highest BCUT2D eigenvalue weighted by Crippen LogP contribution is 2.42. The third-order valence-electron chi connectivity index (χ3n) is 3.14. The van der Waals surface area contributed by atoms with Crippen LogP contribution in [0.4, 0.5) is 5.82 Å². The van der Waals surface area contributed by atoms with Gasteiger partial charge in [0.1, 0.15) is 5.76 Å². The van der Waals surface area contributed by atoms with Crippen LogP contribution in [-0.4, -0.2) is 5.16 Å². The van der Waals surface area contributed by atoms with Gasteiger partial charge in [0, 0.05) is 16.7 Å². The van der Waals surface area contributed by atoms with E-state index in [2.05, 4.69) is 10.2 Å². The summed E-state index contributed by atoms with van der Waals surface area (Å²) in [5, 5.41) is 8.42. The molecular formula is C16H15N2O2P. The van der Waals surface area contributed by atoms with Crippen LogP contribution >= 0.6 is 7.29 Å². The summed E-state index contributed by atoms with van der Waals surface area (Å²) in [6, 6.07) is 20.5. The zero-order chi connectivity index (χ0) is 14.7. The average Bonchev–Trinajstić information content (AvgIpc) is 2.94. The highest BCUT2D eigenvalue weighted by molar-refractivity contribution is 7.80. The molecule has 0 atom stereocenters. The molecule has 0 radical (unpaired) electrons. The Kier molecular flexibility index (Phi) is 3.63. The number of aromatic nitrogens is 1. The fourth-order valence-electron chi connectivity index (χ4n) is 2.13. The minimum Gasteiger partial charge on any atom is -0.360 e. The van der Waals surface area contributed by atoms with Crippen molar-refractivity contribution < 1.29 is 9.09 Å². The van der Waals surface area contributed by atoms with E-state index in [0.717, 1.165) is 10.6 Å². The third kappa shape index (κ3) is 2.76. The second-order valence-electron chi connectivity index (χ2n) is 4.71. The molecule has 0 aliphatic carbocycles. The molecule has 0 amide bonds. The maximum atomic E-state index is 13.6.